The summed E-state index contributed by atoms with van der Waals surface area (Å²) in [5.74, 6) is 0.753. The Bertz CT molecular complexity index is 827. The van der Waals surface area contributed by atoms with E-state index in [9.17, 15) is 13.2 Å². The lowest BCUT2D eigenvalue weighted by molar-refractivity contribution is -0.121. The Morgan fingerprint density at radius 1 is 1.27 bits per heavy atom. The zero-order chi connectivity index (χ0) is 18.6. The Hall–Kier alpha value is -2.32. The van der Waals surface area contributed by atoms with Crippen molar-refractivity contribution in [3.05, 3.63) is 48.4 Å². The molecule has 1 N–H and O–H groups in total. The highest BCUT2D eigenvalue weighted by atomic mass is 32.2. The van der Waals surface area contributed by atoms with Crippen molar-refractivity contribution in [1.82, 2.24) is 9.62 Å². The van der Waals surface area contributed by atoms with Crippen LogP contribution in [-0.2, 0) is 21.4 Å². The van der Waals surface area contributed by atoms with Gasteiger partial charge in [0.15, 0.2) is 0 Å². The molecular formula is C18H22N2O5S. The lowest BCUT2D eigenvalue weighted by atomic mass is 10.3. The van der Waals surface area contributed by atoms with Gasteiger partial charge in [-0.15, -0.1) is 0 Å². The van der Waals surface area contributed by atoms with E-state index in [1.807, 2.05) is 6.92 Å². The van der Waals surface area contributed by atoms with Crippen LogP contribution in [0.1, 0.15) is 25.5 Å². The number of rotatable bonds is 9. The maximum atomic E-state index is 13.0. The molecule has 1 fully saturated rings. The van der Waals surface area contributed by atoms with Crippen LogP contribution in [0.15, 0.2) is 52.0 Å². The average molecular weight is 378 g/mol. The van der Waals surface area contributed by atoms with Crippen LogP contribution < -0.4 is 10.1 Å². The van der Waals surface area contributed by atoms with Crippen molar-refractivity contribution in [2.75, 3.05) is 13.2 Å². The molecule has 1 aliphatic carbocycles. The topological polar surface area (TPSA) is 88.9 Å². The van der Waals surface area contributed by atoms with Crippen LogP contribution in [-0.4, -0.2) is 37.8 Å². The molecule has 140 valence electrons. The van der Waals surface area contributed by atoms with Gasteiger partial charge in [-0.05, 0) is 56.2 Å². The molecule has 1 amide bonds. The minimum atomic E-state index is -3.86. The largest absolute Gasteiger partial charge is 0.494 e. The highest BCUT2D eigenvalue weighted by Gasteiger charge is 2.30. The van der Waals surface area contributed by atoms with Crippen molar-refractivity contribution in [3.8, 4) is 5.75 Å². The smallest absolute Gasteiger partial charge is 0.243 e. The molecular weight excluding hydrogens is 356 g/mol. The average Bonchev–Trinajstić information content (AvgIpc) is 3.27. The predicted molar refractivity (Wildman–Crippen MR) is 95.1 cm³/mol. The molecule has 3 rings (SSSR count). The number of amides is 1. The standard InChI is InChI=1S/C18H22N2O5S/c1-2-24-15-7-9-17(10-8-15)26(22,23)20(12-16-4-3-11-25-16)13-18(21)19-14-5-6-14/h3-4,7-11,14H,2,5-6,12-13H2,1H3,(H,19,21). The number of hydrogen-bond acceptors (Lipinski definition) is 5. The fraction of sp³-hybridized carbons (Fsp3) is 0.389. The monoisotopic (exact) mass is 378 g/mol. The van der Waals surface area contributed by atoms with E-state index >= 15 is 0 Å². The Morgan fingerprint density at radius 3 is 2.58 bits per heavy atom. The van der Waals surface area contributed by atoms with Gasteiger partial charge in [0, 0.05) is 6.04 Å². The summed E-state index contributed by atoms with van der Waals surface area (Å²) in [4.78, 5) is 12.3. The van der Waals surface area contributed by atoms with Gasteiger partial charge in [0.05, 0.1) is 30.9 Å². The summed E-state index contributed by atoms with van der Waals surface area (Å²) in [5, 5.41) is 2.82. The third kappa shape index (κ3) is 4.64. The maximum absolute atomic E-state index is 13.0. The van der Waals surface area contributed by atoms with Crippen molar-refractivity contribution in [2.24, 2.45) is 0 Å². The molecule has 2 aromatic rings. The Labute approximate surface area is 153 Å². The number of carbonyl (C=O) groups is 1. The molecule has 0 aliphatic heterocycles. The van der Waals surface area contributed by atoms with Gasteiger partial charge in [0.2, 0.25) is 15.9 Å². The van der Waals surface area contributed by atoms with Crippen LogP contribution >= 0.6 is 0 Å². The van der Waals surface area contributed by atoms with E-state index < -0.39 is 10.0 Å². The first kappa shape index (κ1) is 18.5. The molecule has 1 aromatic carbocycles. The molecule has 0 atom stereocenters. The quantitative estimate of drug-likeness (QED) is 0.722. The van der Waals surface area contributed by atoms with Crippen LogP contribution in [0.3, 0.4) is 0 Å². The first-order chi connectivity index (χ1) is 12.5. The van der Waals surface area contributed by atoms with E-state index in [0.29, 0.717) is 18.1 Å². The van der Waals surface area contributed by atoms with Crippen LogP contribution in [0.5, 0.6) is 5.75 Å². The molecule has 1 aliphatic rings. The number of nitrogens with zero attached hydrogens (tertiary/aromatic N) is 1. The van der Waals surface area contributed by atoms with E-state index in [4.69, 9.17) is 9.15 Å². The van der Waals surface area contributed by atoms with Gasteiger partial charge in [-0.3, -0.25) is 4.79 Å². The first-order valence-electron chi connectivity index (χ1n) is 8.54. The first-order valence-corrected chi connectivity index (χ1v) is 9.98. The zero-order valence-electron chi connectivity index (χ0n) is 14.6. The van der Waals surface area contributed by atoms with E-state index in [1.54, 1.807) is 24.3 Å². The number of furan rings is 1. The minimum Gasteiger partial charge on any atom is -0.494 e. The summed E-state index contributed by atoms with van der Waals surface area (Å²) in [6.07, 6.45) is 3.35. The van der Waals surface area contributed by atoms with Gasteiger partial charge in [0.25, 0.3) is 0 Å². The van der Waals surface area contributed by atoms with Gasteiger partial charge >= 0.3 is 0 Å². The van der Waals surface area contributed by atoms with Crippen molar-refractivity contribution in [1.29, 1.82) is 0 Å². The predicted octanol–water partition coefficient (Wildman–Crippen LogP) is 2.15. The summed E-state index contributed by atoms with van der Waals surface area (Å²) < 4.78 is 37.8. The Kier molecular flexibility index (Phi) is 5.63. The SMILES string of the molecule is CCOc1ccc(S(=O)(=O)N(CC(=O)NC2CC2)Cc2ccco2)cc1. The van der Waals surface area contributed by atoms with Crippen molar-refractivity contribution < 1.29 is 22.4 Å². The van der Waals surface area contributed by atoms with Crippen LogP contribution in [0.4, 0.5) is 0 Å². The van der Waals surface area contributed by atoms with E-state index in [0.717, 1.165) is 17.1 Å². The second-order valence-corrected chi connectivity index (χ2v) is 8.04. The summed E-state index contributed by atoms with van der Waals surface area (Å²) in [6.45, 7) is 2.08. The minimum absolute atomic E-state index is 0.0133. The molecule has 0 radical (unpaired) electrons. The van der Waals surface area contributed by atoms with E-state index in [-0.39, 0.29) is 29.9 Å². The van der Waals surface area contributed by atoms with Crippen LogP contribution in [0.25, 0.3) is 0 Å². The van der Waals surface area contributed by atoms with Crippen molar-refractivity contribution in [2.45, 2.75) is 37.2 Å². The molecule has 1 saturated carbocycles. The number of ether oxygens (including phenoxy) is 1. The summed E-state index contributed by atoms with van der Waals surface area (Å²) >= 11 is 0. The molecule has 0 bridgehead atoms. The van der Waals surface area contributed by atoms with Crippen LogP contribution in [0, 0.1) is 0 Å². The third-order valence-electron chi connectivity index (χ3n) is 3.95. The highest BCUT2D eigenvalue weighted by molar-refractivity contribution is 7.89. The fourth-order valence-electron chi connectivity index (χ4n) is 2.49. The molecule has 8 heteroatoms. The zero-order valence-corrected chi connectivity index (χ0v) is 15.4. The molecule has 1 aromatic heterocycles. The third-order valence-corrected chi connectivity index (χ3v) is 5.75. The van der Waals surface area contributed by atoms with E-state index in [1.165, 1.54) is 18.4 Å². The van der Waals surface area contributed by atoms with E-state index in [2.05, 4.69) is 5.32 Å². The molecule has 7 nitrogen and oxygen atoms in total. The lowest BCUT2D eigenvalue weighted by Gasteiger charge is -2.21. The summed E-state index contributed by atoms with van der Waals surface area (Å²) in [7, 11) is -3.86. The van der Waals surface area contributed by atoms with Gasteiger partial charge < -0.3 is 14.5 Å². The van der Waals surface area contributed by atoms with Gasteiger partial charge in [-0.2, -0.15) is 4.31 Å². The molecule has 0 unspecified atom stereocenters. The van der Waals surface area contributed by atoms with Crippen molar-refractivity contribution in [3.63, 3.8) is 0 Å². The fourth-order valence-corrected chi connectivity index (χ4v) is 3.85. The molecule has 0 saturated heterocycles. The molecule has 1 heterocycles. The summed E-state index contributed by atoms with van der Waals surface area (Å²) in [6, 6.07) is 9.70. The number of carbonyl (C=O) groups excluding carboxylic acids is 1. The normalized spacial score (nSPS) is 14.4. The number of hydrogen-bond donors (Lipinski definition) is 1. The molecule has 26 heavy (non-hydrogen) atoms. The van der Waals surface area contributed by atoms with Crippen molar-refractivity contribution >= 4 is 15.9 Å². The van der Waals surface area contributed by atoms with Gasteiger partial charge in [-0.1, -0.05) is 0 Å². The van der Waals surface area contributed by atoms with Gasteiger partial charge in [0.1, 0.15) is 11.5 Å². The maximum Gasteiger partial charge on any atom is 0.243 e. The highest BCUT2D eigenvalue weighted by Crippen LogP contribution is 2.22. The molecule has 0 spiro atoms. The Balaban J connectivity index is 1.81. The van der Waals surface area contributed by atoms with Crippen LogP contribution in [0.2, 0.25) is 0 Å². The number of benzene rings is 1. The lowest BCUT2D eigenvalue weighted by Crippen LogP contribution is -2.40. The second kappa shape index (κ2) is 7.92. The van der Waals surface area contributed by atoms with Gasteiger partial charge in [-0.25, -0.2) is 8.42 Å². The number of nitrogens with one attached hydrogen (secondary N) is 1. The Morgan fingerprint density at radius 2 is 2.00 bits per heavy atom. The summed E-state index contributed by atoms with van der Waals surface area (Å²) in [5.41, 5.74) is 0. The second-order valence-electron chi connectivity index (χ2n) is 6.10. The number of sulfonamides is 1.